The molecule has 0 amide bonds. The van der Waals surface area contributed by atoms with Crippen LogP contribution in [-0.4, -0.2) is 74.9 Å². The molecular formula is C26H35Cl3N4O4S2. The summed E-state index contributed by atoms with van der Waals surface area (Å²) in [4.78, 5) is 2.42. The van der Waals surface area contributed by atoms with E-state index in [1.54, 1.807) is 32.0 Å². The van der Waals surface area contributed by atoms with E-state index in [1.165, 1.54) is 8.61 Å². The summed E-state index contributed by atoms with van der Waals surface area (Å²) in [5.41, 5.74) is 2.93. The summed E-state index contributed by atoms with van der Waals surface area (Å²) in [6.45, 7) is 6.57. The van der Waals surface area contributed by atoms with Crippen LogP contribution in [-0.2, 0) is 26.6 Å². The lowest BCUT2D eigenvalue weighted by Gasteiger charge is -2.34. The predicted octanol–water partition coefficient (Wildman–Crippen LogP) is 4.36. The maximum Gasteiger partial charge on any atom is 0.243 e. The quantitative estimate of drug-likeness (QED) is 0.426. The highest BCUT2D eigenvalue weighted by molar-refractivity contribution is 7.89. The van der Waals surface area contributed by atoms with Gasteiger partial charge in [-0.1, -0.05) is 23.7 Å². The maximum atomic E-state index is 13.5. The minimum Gasteiger partial charge on any atom is -0.296 e. The van der Waals surface area contributed by atoms with E-state index in [0.29, 0.717) is 73.8 Å². The SMILES string of the molecule is Cc1cc(S(=O)(=O)N2CCCC2CCS(=O)(=O)N2CCN(Cc3cccc(C#N)c3)CC2)c(C)cc1Cl.Cl.Cl. The molecule has 2 saturated heterocycles. The molecule has 2 fully saturated rings. The molecule has 2 heterocycles. The molecule has 0 aromatic heterocycles. The Bertz CT molecular complexity index is 1410. The third-order valence-electron chi connectivity index (χ3n) is 7.26. The number of nitrogens with zero attached hydrogens (tertiary/aromatic N) is 4. The van der Waals surface area contributed by atoms with Crippen LogP contribution in [0, 0.1) is 25.2 Å². The Kier molecular flexibility index (Phi) is 12.1. The van der Waals surface area contributed by atoms with Crippen LogP contribution in [0.25, 0.3) is 0 Å². The van der Waals surface area contributed by atoms with Crippen molar-refractivity contribution in [2.24, 2.45) is 0 Å². The van der Waals surface area contributed by atoms with E-state index < -0.39 is 20.0 Å². The number of aryl methyl sites for hydroxylation is 2. The highest BCUT2D eigenvalue weighted by atomic mass is 35.5. The minimum absolute atomic E-state index is 0. The molecule has 2 aliphatic heterocycles. The van der Waals surface area contributed by atoms with E-state index in [4.69, 9.17) is 16.9 Å². The normalized spacial score (nSPS) is 19.2. The Labute approximate surface area is 249 Å². The molecule has 13 heteroatoms. The first-order valence-corrected chi connectivity index (χ1v) is 15.9. The molecule has 1 unspecified atom stereocenters. The molecule has 0 saturated carbocycles. The summed E-state index contributed by atoms with van der Waals surface area (Å²) in [6.07, 6.45) is 1.63. The largest absolute Gasteiger partial charge is 0.296 e. The van der Waals surface area contributed by atoms with Crippen molar-refractivity contribution in [2.75, 3.05) is 38.5 Å². The van der Waals surface area contributed by atoms with Crippen molar-refractivity contribution in [3.63, 3.8) is 0 Å². The Balaban J connectivity index is 0.00000267. The zero-order chi connectivity index (χ0) is 26.8. The van der Waals surface area contributed by atoms with Crippen LogP contribution in [0.4, 0.5) is 0 Å². The zero-order valence-corrected chi connectivity index (χ0v) is 26.1. The van der Waals surface area contributed by atoms with Crippen LogP contribution in [0.1, 0.15) is 41.5 Å². The van der Waals surface area contributed by atoms with Crippen molar-refractivity contribution >= 4 is 56.5 Å². The van der Waals surface area contributed by atoms with E-state index in [9.17, 15) is 16.8 Å². The van der Waals surface area contributed by atoms with Gasteiger partial charge in [0.2, 0.25) is 20.0 Å². The van der Waals surface area contributed by atoms with Gasteiger partial charge in [-0.2, -0.15) is 13.9 Å². The molecule has 4 rings (SSSR count). The summed E-state index contributed by atoms with van der Waals surface area (Å²) >= 11 is 6.17. The fraction of sp³-hybridized carbons (Fsp3) is 0.500. The van der Waals surface area contributed by atoms with Gasteiger partial charge in [0.25, 0.3) is 0 Å². The lowest BCUT2D eigenvalue weighted by molar-refractivity contribution is 0.181. The highest BCUT2D eigenvalue weighted by Gasteiger charge is 2.37. The van der Waals surface area contributed by atoms with Gasteiger partial charge in [-0.25, -0.2) is 16.8 Å². The Morgan fingerprint density at radius 2 is 1.67 bits per heavy atom. The van der Waals surface area contributed by atoms with Crippen molar-refractivity contribution in [1.29, 1.82) is 5.26 Å². The minimum atomic E-state index is -3.75. The second-order valence-electron chi connectivity index (χ2n) is 9.87. The zero-order valence-electron chi connectivity index (χ0n) is 22.0. The topological polar surface area (TPSA) is 102 Å². The molecule has 1 atom stereocenters. The molecule has 39 heavy (non-hydrogen) atoms. The molecule has 0 radical (unpaired) electrons. The van der Waals surface area contributed by atoms with Gasteiger partial charge in [0.05, 0.1) is 22.3 Å². The van der Waals surface area contributed by atoms with Gasteiger partial charge in [-0.3, -0.25) is 4.90 Å². The number of piperazine rings is 1. The third-order valence-corrected chi connectivity index (χ3v) is 11.7. The second-order valence-corrected chi connectivity index (χ2v) is 14.2. The van der Waals surface area contributed by atoms with Gasteiger partial charge in [-0.05, 0) is 74.1 Å². The first-order chi connectivity index (χ1) is 17.5. The molecule has 0 N–H and O–H groups in total. The van der Waals surface area contributed by atoms with E-state index in [2.05, 4.69) is 11.0 Å². The number of sulfonamides is 2. The van der Waals surface area contributed by atoms with Crippen molar-refractivity contribution in [1.82, 2.24) is 13.5 Å². The predicted molar refractivity (Wildman–Crippen MR) is 159 cm³/mol. The molecular weight excluding hydrogens is 603 g/mol. The fourth-order valence-corrected chi connectivity index (χ4v) is 8.93. The van der Waals surface area contributed by atoms with Gasteiger partial charge in [-0.15, -0.1) is 24.8 Å². The Hall–Kier alpha value is -1.42. The van der Waals surface area contributed by atoms with Crippen molar-refractivity contribution in [2.45, 2.75) is 50.6 Å². The number of hydrogen-bond donors (Lipinski definition) is 0. The van der Waals surface area contributed by atoms with Gasteiger partial charge in [0.1, 0.15) is 0 Å². The van der Waals surface area contributed by atoms with Crippen LogP contribution in [0.2, 0.25) is 5.02 Å². The average Bonchev–Trinajstić information content (AvgIpc) is 3.35. The molecule has 8 nitrogen and oxygen atoms in total. The standard InChI is InChI=1S/C26H33ClN4O4S2.2ClH/c1-20-16-26(21(2)15-25(20)27)37(34,35)31-9-4-7-24(31)8-14-36(32,33)30-12-10-29(11-13-30)19-23-6-3-5-22(17-23)18-28;;/h3,5-6,15-17,24H,4,7-14,19H2,1-2H3;2*1H. The molecule has 0 aliphatic carbocycles. The molecule has 0 spiro atoms. The number of halogens is 3. The monoisotopic (exact) mass is 636 g/mol. The first-order valence-electron chi connectivity index (χ1n) is 12.5. The third kappa shape index (κ3) is 7.86. The average molecular weight is 638 g/mol. The molecule has 216 valence electrons. The second kappa shape index (κ2) is 14.0. The van der Waals surface area contributed by atoms with E-state index in [0.717, 1.165) is 5.56 Å². The summed E-state index contributed by atoms with van der Waals surface area (Å²) in [7, 11) is -7.26. The van der Waals surface area contributed by atoms with Crippen LogP contribution in [0.15, 0.2) is 41.3 Å². The number of hydrogen-bond acceptors (Lipinski definition) is 6. The molecule has 2 aromatic carbocycles. The van der Waals surface area contributed by atoms with Crippen molar-refractivity contribution in [3.8, 4) is 6.07 Å². The van der Waals surface area contributed by atoms with Crippen LogP contribution in [0.5, 0.6) is 0 Å². The fourth-order valence-electron chi connectivity index (χ4n) is 5.15. The lowest BCUT2D eigenvalue weighted by Crippen LogP contribution is -2.49. The molecule has 0 bridgehead atoms. The number of benzene rings is 2. The van der Waals surface area contributed by atoms with Gasteiger partial charge >= 0.3 is 0 Å². The number of nitriles is 1. The van der Waals surface area contributed by atoms with Gasteiger partial charge in [0, 0.05) is 50.3 Å². The molecule has 2 aliphatic rings. The summed E-state index contributed by atoms with van der Waals surface area (Å²) in [5.74, 6) is -0.0769. The smallest absolute Gasteiger partial charge is 0.243 e. The Morgan fingerprint density at radius 3 is 2.33 bits per heavy atom. The highest BCUT2D eigenvalue weighted by Crippen LogP contribution is 2.32. The van der Waals surface area contributed by atoms with Crippen molar-refractivity contribution < 1.29 is 16.8 Å². The van der Waals surface area contributed by atoms with Crippen LogP contribution < -0.4 is 0 Å². The van der Waals surface area contributed by atoms with Crippen LogP contribution in [0.3, 0.4) is 0 Å². The molecule has 2 aromatic rings. The van der Waals surface area contributed by atoms with Gasteiger partial charge < -0.3 is 0 Å². The van der Waals surface area contributed by atoms with E-state index >= 15 is 0 Å². The summed E-state index contributed by atoms with van der Waals surface area (Å²) in [6, 6.07) is 12.5. The van der Waals surface area contributed by atoms with Crippen molar-refractivity contribution in [3.05, 3.63) is 63.7 Å². The maximum absolute atomic E-state index is 13.5. The Morgan fingerprint density at radius 1 is 0.974 bits per heavy atom. The summed E-state index contributed by atoms with van der Waals surface area (Å²) in [5, 5.41) is 9.62. The van der Waals surface area contributed by atoms with E-state index in [-0.39, 0.29) is 47.9 Å². The lowest BCUT2D eigenvalue weighted by atomic mass is 10.1. The van der Waals surface area contributed by atoms with Crippen LogP contribution >= 0.6 is 36.4 Å². The first kappa shape index (κ1) is 33.8. The number of rotatable bonds is 8. The van der Waals surface area contributed by atoms with Gasteiger partial charge in [0.15, 0.2) is 0 Å². The van der Waals surface area contributed by atoms with E-state index in [1.807, 2.05) is 18.2 Å². The summed E-state index contributed by atoms with van der Waals surface area (Å²) < 4.78 is 56.2.